The molecule has 7 nitrogen and oxygen atoms in total. The predicted molar refractivity (Wildman–Crippen MR) is 86.2 cm³/mol. The number of fused-ring (bicyclic) bond motifs is 1. The van der Waals surface area contributed by atoms with Gasteiger partial charge in [0.25, 0.3) is 5.91 Å². The summed E-state index contributed by atoms with van der Waals surface area (Å²) in [4.78, 5) is 38.8. The van der Waals surface area contributed by atoms with Crippen LogP contribution in [0.3, 0.4) is 0 Å². The van der Waals surface area contributed by atoms with Gasteiger partial charge in [-0.25, -0.2) is 4.98 Å². The van der Waals surface area contributed by atoms with Gasteiger partial charge in [-0.1, -0.05) is 18.2 Å². The van der Waals surface area contributed by atoms with Crippen LogP contribution in [0, 0.1) is 0 Å². The first-order chi connectivity index (χ1) is 11.5. The molecule has 0 saturated carbocycles. The fraction of sp³-hybridized carbons (Fsp3) is 0.125. The number of phenols is 1. The zero-order valence-electron chi connectivity index (χ0n) is 12.3. The van der Waals surface area contributed by atoms with Gasteiger partial charge < -0.3 is 15.5 Å². The molecule has 0 saturated heterocycles. The zero-order valence-corrected chi connectivity index (χ0v) is 13.1. The molecule has 3 N–H and O–H groups in total. The molecule has 0 spiro atoms. The number of rotatable bonds is 5. The number of aromatic hydroxyl groups is 1. The molecule has 24 heavy (non-hydrogen) atoms. The van der Waals surface area contributed by atoms with Gasteiger partial charge in [-0.3, -0.25) is 14.4 Å². The number of nitrogens with one attached hydrogen (secondary N) is 1. The first-order valence-corrected chi connectivity index (χ1v) is 7.87. The first kappa shape index (κ1) is 15.9. The van der Waals surface area contributed by atoms with Crippen LogP contribution in [0.25, 0.3) is 5.57 Å². The van der Waals surface area contributed by atoms with Crippen LogP contribution >= 0.6 is 11.3 Å². The second-order valence-electron chi connectivity index (χ2n) is 5.08. The third-order valence-electron chi connectivity index (χ3n) is 3.50. The number of phenolic OH excluding ortho intramolecular Hbond substituents is 1. The van der Waals surface area contributed by atoms with Gasteiger partial charge >= 0.3 is 5.97 Å². The van der Waals surface area contributed by atoms with Crippen molar-refractivity contribution in [2.75, 3.05) is 6.54 Å². The summed E-state index contributed by atoms with van der Waals surface area (Å²) in [5.74, 6) is -2.17. The van der Waals surface area contributed by atoms with Crippen LogP contribution in [0.1, 0.15) is 31.4 Å². The third kappa shape index (κ3) is 2.91. The Morgan fingerprint density at radius 1 is 1.29 bits per heavy atom. The van der Waals surface area contributed by atoms with Gasteiger partial charge in [0, 0.05) is 16.5 Å². The largest absolute Gasteiger partial charge is 0.507 e. The number of aromatic nitrogens is 1. The predicted octanol–water partition coefficient (Wildman–Crippen LogP) is 1.49. The lowest BCUT2D eigenvalue weighted by Gasteiger charge is -2.05. The van der Waals surface area contributed by atoms with Crippen LogP contribution in [-0.4, -0.2) is 39.4 Å². The molecule has 0 bridgehead atoms. The van der Waals surface area contributed by atoms with Crippen molar-refractivity contribution in [1.29, 1.82) is 0 Å². The lowest BCUT2D eigenvalue weighted by atomic mass is 10.0. The number of allylic oxidation sites excluding steroid dienone is 2. The maximum absolute atomic E-state index is 12.6. The fourth-order valence-corrected chi connectivity index (χ4v) is 3.18. The second-order valence-corrected chi connectivity index (χ2v) is 5.93. The van der Waals surface area contributed by atoms with Gasteiger partial charge in [-0.05, 0) is 18.1 Å². The molecule has 3 rings (SSSR count). The summed E-state index contributed by atoms with van der Waals surface area (Å²) in [7, 11) is 0. The molecule has 1 aliphatic carbocycles. The van der Waals surface area contributed by atoms with Gasteiger partial charge in [0.15, 0.2) is 5.01 Å². The average Bonchev–Trinajstić information content (AvgIpc) is 3.19. The Morgan fingerprint density at radius 2 is 2.08 bits per heavy atom. The Hall–Kier alpha value is -3.00. The second kappa shape index (κ2) is 6.25. The monoisotopic (exact) mass is 344 g/mol. The molecule has 0 unspecified atom stereocenters. The summed E-state index contributed by atoms with van der Waals surface area (Å²) in [6.07, 6.45) is 2.26. The molecule has 8 heteroatoms. The van der Waals surface area contributed by atoms with Crippen LogP contribution < -0.4 is 5.32 Å². The molecule has 0 atom stereocenters. The van der Waals surface area contributed by atoms with Crippen molar-refractivity contribution in [3.05, 3.63) is 51.5 Å². The number of thiazole rings is 1. The number of hydrogen-bond acceptors (Lipinski definition) is 6. The standard InChI is InChI=1S/C16H12N2O5S/c19-11-3-1-2-8-4-5-9(13(8)11)14(22)16-18-10(7-24-16)15(23)17-6-12(20)21/h1-3,5,7,19H,4,6H2,(H,17,23)(H,20,21). The van der Waals surface area contributed by atoms with E-state index in [4.69, 9.17) is 5.11 Å². The van der Waals surface area contributed by atoms with Gasteiger partial charge in [0.05, 0.1) is 0 Å². The highest BCUT2D eigenvalue weighted by Gasteiger charge is 2.26. The minimum absolute atomic E-state index is 0.0132. The number of carboxylic acids is 1. The molecular weight excluding hydrogens is 332 g/mol. The van der Waals surface area contributed by atoms with Gasteiger partial charge in [-0.15, -0.1) is 11.3 Å². The summed E-state index contributed by atoms with van der Waals surface area (Å²) in [6.45, 7) is -0.522. The highest BCUT2D eigenvalue weighted by atomic mass is 32.1. The molecular formula is C16H12N2O5S. The molecule has 1 heterocycles. The normalized spacial score (nSPS) is 12.4. The van der Waals surface area contributed by atoms with E-state index >= 15 is 0 Å². The minimum Gasteiger partial charge on any atom is -0.507 e. The maximum Gasteiger partial charge on any atom is 0.322 e. The van der Waals surface area contributed by atoms with Gasteiger partial charge in [-0.2, -0.15) is 0 Å². The lowest BCUT2D eigenvalue weighted by molar-refractivity contribution is -0.135. The van der Waals surface area contributed by atoms with E-state index in [1.807, 2.05) is 6.07 Å². The molecule has 2 aromatic rings. The molecule has 122 valence electrons. The van der Waals surface area contributed by atoms with Crippen molar-refractivity contribution in [3.8, 4) is 5.75 Å². The third-order valence-corrected chi connectivity index (χ3v) is 4.34. The van der Waals surface area contributed by atoms with Crippen molar-refractivity contribution in [2.45, 2.75) is 6.42 Å². The number of carboxylic acid groups (broad SMARTS) is 1. The van der Waals surface area contributed by atoms with Crippen molar-refractivity contribution >= 4 is 34.6 Å². The SMILES string of the molecule is O=C(O)CNC(=O)c1csc(C(=O)C2=CCc3cccc(O)c32)n1. The Morgan fingerprint density at radius 3 is 2.83 bits per heavy atom. The van der Waals surface area contributed by atoms with E-state index in [1.165, 1.54) is 11.4 Å². The van der Waals surface area contributed by atoms with Gasteiger partial charge in [0.1, 0.15) is 18.0 Å². The number of amides is 1. The molecule has 0 aliphatic heterocycles. The van der Waals surface area contributed by atoms with E-state index in [9.17, 15) is 19.5 Å². The van der Waals surface area contributed by atoms with E-state index in [-0.39, 0.29) is 22.2 Å². The van der Waals surface area contributed by atoms with Crippen molar-refractivity contribution in [1.82, 2.24) is 10.3 Å². The summed E-state index contributed by atoms with van der Waals surface area (Å²) in [5, 5.41) is 22.2. The number of carbonyl (C=O) groups excluding carboxylic acids is 2. The number of hydrogen-bond donors (Lipinski definition) is 3. The lowest BCUT2D eigenvalue weighted by Crippen LogP contribution is -2.29. The summed E-state index contributed by atoms with van der Waals surface area (Å²) >= 11 is 0.996. The number of nitrogens with zero attached hydrogens (tertiary/aromatic N) is 1. The highest BCUT2D eigenvalue weighted by Crippen LogP contribution is 2.36. The van der Waals surface area contributed by atoms with Crippen molar-refractivity contribution in [3.63, 3.8) is 0 Å². The first-order valence-electron chi connectivity index (χ1n) is 6.99. The Labute approximate surface area is 140 Å². The van der Waals surface area contributed by atoms with E-state index in [0.29, 0.717) is 17.6 Å². The highest BCUT2D eigenvalue weighted by molar-refractivity contribution is 7.12. The Kier molecular flexibility index (Phi) is 4.13. The summed E-state index contributed by atoms with van der Waals surface area (Å²) in [6, 6.07) is 5.06. The van der Waals surface area contributed by atoms with E-state index in [1.54, 1.807) is 12.1 Å². The van der Waals surface area contributed by atoms with E-state index in [2.05, 4.69) is 10.3 Å². The summed E-state index contributed by atoms with van der Waals surface area (Å²) < 4.78 is 0. The van der Waals surface area contributed by atoms with Crippen molar-refractivity contribution in [2.24, 2.45) is 0 Å². The number of benzene rings is 1. The molecule has 1 amide bonds. The molecule has 0 radical (unpaired) electrons. The van der Waals surface area contributed by atoms with Crippen molar-refractivity contribution < 1.29 is 24.6 Å². The number of Topliss-reactive ketones (excluding diaryl/α,β-unsaturated/α-hetero) is 1. The molecule has 1 aromatic heterocycles. The quantitative estimate of drug-likeness (QED) is 0.708. The van der Waals surface area contributed by atoms with Crippen LogP contribution in [0.2, 0.25) is 0 Å². The summed E-state index contributed by atoms with van der Waals surface area (Å²) in [5.41, 5.74) is 1.69. The zero-order chi connectivity index (χ0) is 17.3. The number of aliphatic carboxylic acids is 1. The van der Waals surface area contributed by atoms with Crippen LogP contribution in [0.15, 0.2) is 29.7 Å². The fourth-order valence-electron chi connectivity index (χ4n) is 2.43. The number of ketones is 1. The Balaban J connectivity index is 1.81. The Bertz CT molecular complexity index is 884. The van der Waals surface area contributed by atoms with Crippen LogP contribution in [0.4, 0.5) is 0 Å². The molecule has 0 fully saturated rings. The maximum atomic E-state index is 12.6. The minimum atomic E-state index is -1.17. The number of carbonyl (C=O) groups is 3. The smallest absolute Gasteiger partial charge is 0.322 e. The average molecular weight is 344 g/mol. The molecule has 1 aromatic carbocycles. The van der Waals surface area contributed by atoms with E-state index in [0.717, 1.165) is 16.9 Å². The topological polar surface area (TPSA) is 117 Å². The molecule has 1 aliphatic rings. The van der Waals surface area contributed by atoms with Crippen LogP contribution in [-0.2, 0) is 11.2 Å². The van der Waals surface area contributed by atoms with E-state index < -0.39 is 18.4 Å². The van der Waals surface area contributed by atoms with Crippen LogP contribution in [0.5, 0.6) is 5.75 Å². The van der Waals surface area contributed by atoms with Gasteiger partial charge in [0.2, 0.25) is 5.78 Å².